The highest BCUT2D eigenvalue weighted by molar-refractivity contribution is 5.28. The number of ether oxygens (including phenoxy) is 1. The molecule has 0 radical (unpaired) electrons. The summed E-state index contributed by atoms with van der Waals surface area (Å²) in [7, 11) is 0. The zero-order valence-corrected chi connectivity index (χ0v) is 10.4. The number of benzene rings is 1. The highest BCUT2D eigenvalue weighted by atomic mass is 19.4. The third-order valence-corrected chi connectivity index (χ3v) is 2.29. The molecule has 0 aliphatic carbocycles. The van der Waals surface area contributed by atoms with Gasteiger partial charge in [-0.3, -0.25) is 0 Å². The summed E-state index contributed by atoms with van der Waals surface area (Å²) in [5.74, 6) is 0.756. The van der Waals surface area contributed by atoms with E-state index in [1.54, 1.807) is 0 Å². The van der Waals surface area contributed by atoms with E-state index in [1.807, 2.05) is 31.2 Å². The molecule has 0 heterocycles. The number of hydrogen-bond acceptors (Lipinski definition) is 2. The average molecular weight is 261 g/mol. The number of rotatable bonds is 7. The molecule has 0 saturated carbocycles. The van der Waals surface area contributed by atoms with E-state index in [4.69, 9.17) is 4.74 Å². The SMILES string of the molecule is CCCOc1cccc(CNCCC(F)(F)F)c1. The van der Waals surface area contributed by atoms with Crippen molar-refractivity contribution in [3.63, 3.8) is 0 Å². The van der Waals surface area contributed by atoms with Crippen molar-refractivity contribution in [3.8, 4) is 5.75 Å². The summed E-state index contributed by atoms with van der Waals surface area (Å²) in [6, 6.07) is 7.39. The summed E-state index contributed by atoms with van der Waals surface area (Å²) in [6.45, 7) is 3.01. The quantitative estimate of drug-likeness (QED) is 0.758. The zero-order chi connectivity index (χ0) is 13.4. The van der Waals surface area contributed by atoms with Gasteiger partial charge in [-0.1, -0.05) is 19.1 Å². The van der Waals surface area contributed by atoms with Crippen LogP contribution in [0.1, 0.15) is 25.3 Å². The first kappa shape index (κ1) is 14.8. The molecule has 2 nitrogen and oxygen atoms in total. The fourth-order valence-corrected chi connectivity index (χ4v) is 1.43. The first-order chi connectivity index (χ1) is 8.51. The van der Waals surface area contributed by atoms with Gasteiger partial charge in [-0.15, -0.1) is 0 Å². The Kier molecular flexibility index (Phi) is 5.98. The summed E-state index contributed by atoms with van der Waals surface area (Å²) in [6.07, 6.45) is -3.98. The maximum atomic E-state index is 11.9. The summed E-state index contributed by atoms with van der Waals surface area (Å²) in [4.78, 5) is 0. The Morgan fingerprint density at radius 3 is 2.72 bits per heavy atom. The van der Waals surface area contributed by atoms with Crippen LogP contribution in [0.4, 0.5) is 13.2 Å². The van der Waals surface area contributed by atoms with Crippen molar-refractivity contribution in [1.82, 2.24) is 5.32 Å². The monoisotopic (exact) mass is 261 g/mol. The number of alkyl halides is 3. The van der Waals surface area contributed by atoms with Crippen LogP contribution in [0.15, 0.2) is 24.3 Å². The lowest BCUT2D eigenvalue weighted by Crippen LogP contribution is -2.21. The van der Waals surface area contributed by atoms with Gasteiger partial charge in [-0.25, -0.2) is 0 Å². The highest BCUT2D eigenvalue weighted by Crippen LogP contribution is 2.18. The van der Waals surface area contributed by atoms with E-state index in [0.717, 1.165) is 17.7 Å². The molecule has 0 fully saturated rings. The van der Waals surface area contributed by atoms with Gasteiger partial charge in [0.2, 0.25) is 0 Å². The molecule has 1 N–H and O–H groups in total. The number of halogens is 3. The van der Waals surface area contributed by atoms with E-state index in [9.17, 15) is 13.2 Å². The maximum Gasteiger partial charge on any atom is 0.390 e. The Morgan fingerprint density at radius 2 is 2.06 bits per heavy atom. The van der Waals surface area contributed by atoms with Gasteiger partial charge in [0.05, 0.1) is 13.0 Å². The van der Waals surface area contributed by atoms with Crippen molar-refractivity contribution in [3.05, 3.63) is 29.8 Å². The molecule has 102 valence electrons. The topological polar surface area (TPSA) is 21.3 Å². The van der Waals surface area contributed by atoms with Gasteiger partial charge in [0, 0.05) is 13.1 Å². The molecule has 18 heavy (non-hydrogen) atoms. The predicted octanol–water partition coefficient (Wildman–Crippen LogP) is 3.52. The van der Waals surface area contributed by atoms with Gasteiger partial charge >= 0.3 is 6.18 Å². The van der Waals surface area contributed by atoms with Gasteiger partial charge in [0.1, 0.15) is 5.75 Å². The number of hydrogen-bond donors (Lipinski definition) is 1. The molecule has 0 saturated heterocycles. The van der Waals surface area contributed by atoms with E-state index < -0.39 is 12.6 Å². The molecular weight excluding hydrogens is 243 g/mol. The van der Waals surface area contributed by atoms with Crippen molar-refractivity contribution < 1.29 is 17.9 Å². The Balaban J connectivity index is 2.33. The van der Waals surface area contributed by atoms with Crippen LogP contribution in [-0.2, 0) is 6.54 Å². The van der Waals surface area contributed by atoms with Crippen molar-refractivity contribution >= 4 is 0 Å². The molecule has 1 aromatic carbocycles. The fourth-order valence-electron chi connectivity index (χ4n) is 1.43. The minimum atomic E-state index is -4.10. The first-order valence-electron chi connectivity index (χ1n) is 6.00. The van der Waals surface area contributed by atoms with Crippen LogP contribution < -0.4 is 10.1 Å². The Hall–Kier alpha value is -1.23. The van der Waals surface area contributed by atoms with Crippen LogP contribution >= 0.6 is 0 Å². The Morgan fingerprint density at radius 1 is 1.28 bits per heavy atom. The molecule has 0 aromatic heterocycles. The molecule has 0 atom stereocenters. The maximum absolute atomic E-state index is 11.9. The van der Waals surface area contributed by atoms with E-state index >= 15 is 0 Å². The summed E-state index contributed by atoms with van der Waals surface area (Å²) in [5, 5.41) is 2.77. The molecule has 0 unspecified atom stereocenters. The molecule has 0 spiro atoms. The van der Waals surface area contributed by atoms with Crippen LogP contribution in [0, 0.1) is 0 Å². The lowest BCUT2D eigenvalue weighted by molar-refractivity contribution is -0.133. The van der Waals surface area contributed by atoms with Gasteiger partial charge < -0.3 is 10.1 Å². The minimum Gasteiger partial charge on any atom is -0.494 e. The van der Waals surface area contributed by atoms with Gasteiger partial charge in [0.25, 0.3) is 0 Å². The molecule has 1 rings (SSSR count). The van der Waals surface area contributed by atoms with Crippen LogP contribution in [-0.4, -0.2) is 19.3 Å². The average Bonchev–Trinajstić information content (AvgIpc) is 2.31. The molecule has 5 heteroatoms. The third-order valence-electron chi connectivity index (χ3n) is 2.29. The van der Waals surface area contributed by atoms with E-state index in [2.05, 4.69) is 5.32 Å². The van der Waals surface area contributed by atoms with Crippen molar-refractivity contribution in [2.24, 2.45) is 0 Å². The van der Waals surface area contributed by atoms with Crippen LogP contribution in [0.2, 0.25) is 0 Å². The van der Waals surface area contributed by atoms with Gasteiger partial charge in [-0.05, 0) is 24.1 Å². The summed E-state index contributed by atoms with van der Waals surface area (Å²) < 4.78 is 41.2. The minimum absolute atomic E-state index is 0.0659. The third kappa shape index (κ3) is 6.49. The van der Waals surface area contributed by atoms with Crippen LogP contribution in [0.25, 0.3) is 0 Å². The van der Waals surface area contributed by atoms with Crippen LogP contribution in [0.3, 0.4) is 0 Å². The molecule has 0 aliphatic rings. The lowest BCUT2D eigenvalue weighted by atomic mass is 10.2. The summed E-state index contributed by atoms with van der Waals surface area (Å²) in [5.41, 5.74) is 0.922. The Bertz CT molecular complexity index is 352. The standard InChI is InChI=1S/C13H18F3NO/c1-2-8-18-12-5-3-4-11(9-12)10-17-7-6-13(14,15)16/h3-5,9,17H,2,6-8,10H2,1H3. The molecule has 0 amide bonds. The zero-order valence-electron chi connectivity index (χ0n) is 10.4. The smallest absolute Gasteiger partial charge is 0.390 e. The lowest BCUT2D eigenvalue weighted by Gasteiger charge is -2.09. The Labute approximate surface area is 105 Å². The second-order valence-electron chi connectivity index (χ2n) is 4.04. The molecular formula is C13H18F3NO. The van der Waals surface area contributed by atoms with E-state index in [0.29, 0.717) is 13.2 Å². The van der Waals surface area contributed by atoms with Gasteiger partial charge in [-0.2, -0.15) is 13.2 Å². The largest absolute Gasteiger partial charge is 0.494 e. The highest BCUT2D eigenvalue weighted by Gasteiger charge is 2.25. The molecule has 0 bridgehead atoms. The van der Waals surface area contributed by atoms with E-state index in [-0.39, 0.29) is 6.54 Å². The molecule has 1 aromatic rings. The predicted molar refractivity (Wildman–Crippen MR) is 64.6 cm³/mol. The van der Waals surface area contributed by atoms with Gasteiger partial charge in [0.15, 0.2) is 0 Å². The van der Waals surface area contributed by atoms with E-state index in [1.165, 1.54) is 0 Å². The normalized spacial score (nSPS) is 11.6. The van der Waals surface area contributed by atoms with Crippen molar-refractivity contribution in [2.45, 2.75) is 32.5 Å². The second kappa shape index (κ2) is 7.26. The number of nitrogens with one attached hydrogen (secondary N) is 1. The molecule has 0 aliphatic heterocycles. The fraction of sp³-hybridized carbons (Fsp3) is 0.538. The van der Waals surface area contributed by atoms with Crippen LogP contribution in [0.5, 0.6) is 5.75 Å². The second-order valence-corrected chi connectivity index (χ2v) is 4.04. The summed E-state index contributed by atoms with van der Waals surface area (Å²) >= 11 is 0. The van der Waals surface area contributed by atoms with Crippen molar-refractivity contribution in [1.29, 1.82) is 0 Å². The first-order valence-corrected chi connectivity index (χ1v) is 6.00. The van der Waals surface area contributed by atoms with Crippen molar-refractivity contribution in [2.75, 3.05) is 13.2 Å².